The standard InChI is InChI=1S/C11H23NO/c1-7(2)9(5)11(13)12-10(6)8(3)4/h7-10H,1-6H3,(H,12,13). The van der Waals surface area contributed by atoms with E-state index in [2.05, 4.69) is 39.9 Å². The van der Waals surface area contributed by atoms with E-state index >= 15 is 0 Å². The van der Waals surface area contributed by atoms with E-state index in [1.54, 1.807) is 0 Å². The van der Waals surface area contributed by atoms with Crippen LogP contribution in [0, 0.1) is 17.8 Å². The molecule has 2 unspecified atom stereocenters. The summed E-state index contributed by atoms with van der Waals surface area (Å²) in [6.45, 7) is 12.4. The quantitative estimate of drug-likeness (QED) is 0.716. The smallest absolute Gasteiger partial charge is 0.223 e. The van der Waals surface area contributed by atoms with Gasteiger partial charge in [0.25, 0.3) is 0 Å². The Morgan fingerprint density at radius 1 is 0.923 bits per heavy atom. The van der Waals surface area contributed by atoms with Crippen LogP contribution < -0.4 is 5.32 Å². The zero-order valence-electron chi connectivity index (χ0n) is 9.72. The van der Waals surface area contributed by atoms with Crippen molar-refractivity contribution in [3.05, 3.63) is 0 Å². The van der Waals surface area contributed by atoms with Crippen molar-refractivity contribution in [1.29, 1.82) is 0 Å². The first-order chi connectivity index (χ1) is 5.86. The molecule has 0 saturated heterocycles. The summed E-state index contributed by atoms with van der Waals surface area (Å²) in [5.41, 5.74) is 0. The van der Waals surface area contributed by atoms with E-state index in [4.69, 9.17) is 0 Å². The number of amides is 1. The van der Waals surface area contributed by atoms with Crippen LogP contribution in [0.4, 0.5) is 0 Å². The van der Waals surface area contributed by atoms with Crippen molar-refractivity contribution in [2.45, 2.75) is 47.6 Å². The molecule has 0 aromatic heterocycles. The minimum atomic E-state index is 0.112. The Labute approximate surface area is 82.1 Å². The topological polar surface area (TPSA) is 29.1 Å². The molecule has 0 heterocycles. The highest BCUT2D eigenvalue weighted by Crippen LogP contribution is 2.10. The number of hydrogen-bond acceptors (Lipinski definition) is 1. The summed E-state index contributed by atoms with van der Waals surface area (Å²) in [4.78, 5) is 11.6. The maximum Gasteiger partial charge on any atom is 0.223 e. The van der Waals surface area contributed by atoms with Gasteiger partial charge in [0.15, 0.2) is 0 Å². The van der Waals surface area contributed by atoms with Gasteiger partial charge in [0.1, 0.15) is 0 Å². The zero-order valence-corrected chi connectivity index (χ0v) is 9.72. The van der Waals surface area contributed by atoms with Crippen LogP contribution in [0.15, 0.2) is 0 Å². The van der Waals surface area contributed by atoms with Crippen molar-refractivity contribution in [3.8, 4) is 0 Å². The van der Waals surface area contributed by atoms with Gasteiger partial charge in [0, 0.05) is 12.0 Å². The summed E-state index contributed by atoms with van der Waals surface area (Å²) in [5, 5.41) is 3.02. The molecule has 0 rings (SSSR count). The Kier molecular flexibility index (Phi) is 5.04. The zero-order chi connectivity index (χ0) is 10.6. The number of nitrogens with one attached hydrogen (secondary N) is 1. The molecular weight excluding hydrogens is 162 g/mol. The highest BCUT2D eigenvalue weighted by molar-refractivity contribution is 5.78. The van der Waals surface area contributed by atoms with Gasteiger partial charge in [-0.25, -0.2) is 0 Å². The first-order valence-electron chi connectivity index (χ1n) is 5.16. The molecule has 2 heteroatoms. The normalized spacial score (nSPS) is 16.0. The molecule has 0 aromatic rings. The number of carbonyl (C=O) groups is 1. The van der Waals surface area contributed by atoms with E-state index in [1.165, 1.54) is 0 Å². The largest absolute Gasteiger partial charge is 0.353 e. The van der Waals surface area contributed by atoms with Gasteiger partial charge in [0.2, 0.25) is 5.91 Å². The van der Waals surface area contributed by atoms with Crippen LogP contribution in [0.5, 0.6) is 0 Å². The van der Waals surface area contributed by atoms with E-state index in [-0.39, 0.29) is 17.9 Å². The first kappa shape index (κ1) is 12.5. The van der Waals surface area contributed by atoms with Gasteiger partial charge in [-0.15, -0.1) is 0 Å². The lowest BCUT2D eigenvalue weighted by Gasteiger charge is -2.21. The third kappa shape index (κ3) is 4.30. The van der Waals surface area contributed by atoms with E-state index in [1.807, 2.05) is 6.92 Å². The van der Waals surface area contributed by atoms with Crippen LogP contribution in [0.2, 0.25) is 0 Å². The van der Waals surface area contributed by atoms with Crippen molar-refractivity contribution in [2.75, 3.05) is 0 Å². The molecular formula is C11H23NO. The average Bonchev–Trinajstić information content (AvgIpc) is 2.02. The van der Waals surface area contributed by atoms with Gasteiger partial charge in [-0.05, 0) is 18.8 Å². The highest BCUT2D eigenvalue weighted by Gasteiger charge is 2.19. The Morgan fingerprint density at radius 3 is 1.69 bits per heavy atom. The molecule has 0 spiro atoms. The van der Waals surface area contributed by atoms with Crippen molar-refractivity contribution in [2.24, 2.45) is 17.8 Å². The van der Waals surface area contributed by atoms with E-state index < -0.39 is 0 Å². The van der Waals surface area contributed by atoms with Gasteiger partial charge in [-0.3, -0.25) is 4.79 Å². The summed E-state index contributed by atoms with van der Waals surface area (Å²) in [6, 6.07) is 0.272. The molecule has 78 valence electrons. The van der Waals surface area contributed by atoms with Gasteiger partial charge in [0.05, 0.1) is 0 Å². The van der Waals surface area contributed by atoms with Crippen LogP contribution in [0.1, 0.15) is 41.5 Å². The summed E-state index contributed by atoms with van der Waals surface area (Å²) < 4.78 is 0. The minimum Gasteiger partial charge on any atom is -0.353 e. The fraction of sp³-hybridized carbons (Fsp3) is 0.909. The van der Waals surface area contributed by atoms with E-state index in [0.717, 1.165) is 0 Å². The third-order valence-electron chi connectivity index (χ3n) is 2.78. The second-order valence-corrected chi connectivity index (χ2v) is 4.57. The van der Waals surface area contributed by atoms with Crippen LogP contribution >= 0.6 is 0 Å². The molecule has 1 amide bonds. The van der Waals surface area contributed by atoms with Gasteiger partial charge >= 0.3 is 0 Å². The third-order valence-corrected chi connectivity index (χ3v) is 2.78. The number of carbonyl (C=O) groups excluding carboxylic acids is 1. The van der Waals surface area contributed by atoms with Crippen LogP contribution in [-0.4, -0.2) is 11.9 Å². The number of rotatable bonds is 4. The molecule has 0 fully saturated rings. The predicted molar refractivity (Wildman–Crippen MR) is 56.4 cm³/mol. The minimum absolute atomic E-state index is 0.112. The molecule has 1 N–H and O–H groups in total. The maximum absolute atomic E-state index is 11.6. The number of hydrogen-bond donors (Lipinski definition) is 1. The highest BCUT2D eigenvalue weighted by atomic mass is 16.1. The van der Waals surface area contributed by atoms with Gasteiger partial charge in [-0.1, -0.05) is 34.6 Å². The molecule has 2 atom stereocenters. The van der Waals surface area contributed by atoms with Crippen LogP contribution in [0.3, 0.4) is 0 Å². The van der Waals surface area contributed by atoms with Crippen molar-refractivity contribution in [1.82, 2.24) is 5.32 Å². The molecule has 0 bridgehead atoms. The summed E-state index contributed by atoms with van der Waals surface area (Å²) in [6.07, 6.45) is 0. The SMILES string of the molecule is CC(C)C(C)NC(=O)C(C)C(C)C. The molecule has 2 nitrogen and oxygen atoms in total. The lowest BCUT2D eigenvalue weighted by molar-refractivity contribution is -0.126. The Hall–Kier alpha value is -0.530. The predicted octanol–water partition coefficient (Wildman–Crippen LogP) is 2.44. The van der Waals surface area contributed by atoms with E-state index in [0.29, 0.717) is 11.8 Å². The fourth-order valence-corrected chi connectivity index (χ4v) is 0.825. The Bertz CT molecular complexity index is 163. The second kappa shape index (κ2) is 5.25. The van der Waals surface area contributed by atoms with Crippen molar-refractivity contribution < 1.29 is 4.79 Å². The second-order valence-electron chi connectivity index (χ2n) is 4.57. The molecule has 13 heavy (non-hydrogen) atoms. The van der Waals surface area contributed by atoms with Crippen LogP contribution in [-0.2, 0) is 4.79 Å². The first-order valence-corrected chi connectivity index (χ1v) is 5.16. The molecule has 0 aliphatic carbocycles. The lowest BCUT2D eigenvalue weighted by atomic mass is 9.96. The molecule has 0 aliphatic heterocycles. The average molecular weight is 185 g/mol. The monoisotopic (exact) mass is 185 g/mol. The van der Waals surface area contributed by atoms with Gasteiger partial charge < -0.3 is 5.32 Å². The summed E-state index contributed by atoms with van der Waals surface area (Å²) in [5.74, 6) is 1.21. The Morgan fingerprint density at radius 2 is 1.38 bits per heavy atom. The molecule has 0 aliphatic rings. The Balaban J connectivity index is 4.00. The fourth-order valence-electron chi connectivity index (χ4n) is 0.825. The molecule has 0 saturated carbocycles. The summed E-state index contributed by atoms with van der Waals surface area (Å²) >= 11 is 0. The van der Waals surface area contributed by atoms with Gasteiger partial charge in [-0.2, -0.15) is 0 Å². The molecule has 0 aromatic carbocycles. The lowest BCUT2D eigenvalue weighted by Crippen LogP contribution is -2.40. The van der Waals surface area contributed by atoms with E-state index in [9.17, 15) is 4.79 Å². The summed E-state index contributed by atoms with van der Waals surface area (Å²) in [7, 11) is 0. The van der Waals surface area contributed by atoms with Crippen molar-refractivity contribution >= 4 is 5.91 Å². The maximum atomic E-state index is 11.6. The van der Waals surface area contributed by atoms with Crippen molar-refractivity contribution in [3.63, 3.8) is 0 Å². The van der Waals surface area contributed by atoms with Crippen LogP contribution in [0.25, 0.3) is 0 Å². The molecule has 0 radical (unpaired) electrons.